The standard InChI is InChI=1S/C15H13Cl2NO/c1-8(19)14-10-4-2-3-5-13(10)18-15-11(14)6-9(16)7-12(15)17/h6-7H,2-5H2,1H3. The van der Waals surface area contributed by atoms with Gasteiger partial charge in [-0.2, -0.15) is 0 Å². The minimum absolute atomic E-state index is 0.0592. The molecule has 0 amide bonds. The smallest absolute Gasteiger partial charge is 0.160 e. The maximum absolute atomic E-state index is 12.0. The Morgan fingerprint density at radius 3 is 2.68 bits per heavy atom. The number of Topliss-reactive ketones (excluding diaryl/α,β-unsaturated/α-hetero) is 1. The molecule has 4 heteroatoms. The minimum atomic E-state index is 0.0592. The van der Waals surface area contributed by atoms with Crippen molar-refractivity contribution in [3.8, 4) is 0 Å². The third-order valence-corrected chi connectivity index (χ3v) is 4.14. The first kappa shape index (κ1) is 12.9. The van der Waals surface area contributed by atoms with Crippen LogP contribution in [0.2, 0.25) is 10.0 Å². The average molecular weight is 294 g/mol. The lowest BCUT2D eigenvalue weighted by Crippen LogP contribution is -2.12. The van der Waals surface area contributed by atoms with Crippen LogP contribution in [0.3, 0.4) is 0 Å². The SMILES string of the molecule is CC(=O)c1c2c(nc3c(Cl)cc(Cl)cc13)CCCC2. The molecule has 1 heterocycles. The van der Waals surface area contributed by atoms with Crippen molar-refractivity contribution in [1.82, 2.24) is 4.98 Å². The number of benzene rings is 1. The molecule has 2 aromatic rings. The second kappa shape index (κ2) is 4.77. The molecule has 0 bridgehead atoms. The Balaban J connectivity index is 2.46. The van der Waals surface area contributed by atoms with Gasteiger partial charge < -0.3 is 0 Å². The number of carbonyl (C=O) groups excluding carboxylic acids is 1. The predicted molar refractivity (Wildman–Crippen MR) is 78.4 cm³/mol. The van der Waals surface area contributed by atoms with Gasteiger partial charge in [0.15, 0.2) is 5.78 Å². The van der Waals surface area contributed by atoms with Gasteiger partial charge in [0.05, 0.1) is 10.5 Å². The summed E-state index contributed by atoms with van der Waals surface area (Å²) < 4.78 is 0. The molecule has 1 aliphatic carbocycles. The van der Waals surface area contributed by atoms with Crippen molar-refractivity contribution in [2.75, 3.05) is 0 Å². The summed E-state index contributed by atoms with van der Waals surface area (Å²) in [5, 5.41) is 1.83. The monoisotopic (exact) mass is 293 g/mol. The Morgan fingerprint density at radius 1 is 1.21 bits per heavy atom. The topological polar surface area (TPSA) is 30.0 Å². The summed E-state index contributed by atoms with van der Waals surface area (Å²) in [6, 6.07) is 3.47. The normalized spacial score (nSPS) is 14.5. The van der Waals surface area contributed by atoms with Crippen LogP contribution in [0.15, 0.2) is 12.1 Å². The number of hydrogen-bond acceptors (Lipinski definition) is 2. The summed E-state index contributed by atoms with van der Waals surface area (Å²) in [7, 11) is 0. The fourth-order valence-electron chi connectivity index (χ4n) is 2.85. The number of aromatic nitrogens is 1. The van der Waals surface area contributed by atoms with E-state index in [0.717, 1.165) is 47.9 Å². The summed E-state index contributed by atoms with van der Waals surface area (Å²) in [5.41, 5.74) is 3.55. The highest BCUT2D eigenvalue weighted by atomic mass is 35.5. The Morgan fingerprint density at radius 2 is 1.95 bits per heavy atom. The van der Waals surface area contributed by atoms with Gasteiger partial charge in [0.25, 0.3) is 0 Å². The molecule has 98 valence electrons. The van der Waals surface area contributed by atoms with E-state index in [1.54, 1.807) is 19.1 Å². The number of hydrogen-bond donors (Lipinski definition) is 0. The zero-order chi connectivity index (χ0) is 13.6. The van der Waals surface area contributed by atoms with Crippen molar-refractivity contribution < 1.29 is 4.79 Å². The average Bonchev–Trinajstić information content (AvgIpc) is 2.36. The second-order valence-corrected chi connectivity index (χ2v) is 5.80. The van der Waals surface area contributed by atoms with Crippen LogP contribution in [0.25, 0.3) is 10.9 Å². The van der Waals surface area contributed by atoms with Crippen LogP contribution in [-0.4, -0.2) is 10.8 Å². The summed E-state index contributed by atoms with van der Waals surface area (Å²) >= 11 is 12.3. The van der Waals surface area contributed by atoms with Crippen LogP contribution in [0.1, 0.15) is 41.4 Å². The van der Waals surface area contributed by atoms with Gasteiger partial charge in [-0.05, 0) is 50.3 Å². The molecule has 0 saturated heterocycles. The molecule has 1 aliphatic rings. The summed E-state index contributed by atoms with van der Waals surface area (Å²) in [4.78, 5) is 16.7. The number of carbonyl (C=O) groups is 1. The molecule has 0 radical (unpaired) electrons. The van der Waals surface area contributed by atoms with Gasteiger partial charge in [-0.15, -0.1) is 0 Å². The number of halogens is 2. The lowest BCUT2D eigenvalue weighted by atomic mass is 9.88. The molecule has 19 heavy (non-hydrogen) atoms. The van der Waals surface area contributed by atoms with Gasteiger partial charge >= 0.3 is 0 Å². The van der Waals surface area contributed by atoms with Crippen LogP contribution in [-0.2, 0) is 12.8 Å². The van der Waals surface area contributed by atoms with Crippen molar-refractivity contribution in [3.63, 3.8) is 0 Å². The Bertz CT molecular complexity index is 694. The van der Waals surface area contributed by atoms with E-state index >= 15 is 0 Å². The lowest BCUT2D eigenvalue weighted by molar-refractivity contribution is 0.101. The predicted octanol–water partition coefficient (Wildman–Crippen LogP) is 4.62. The molecule has 0 atom stereocenters. The van der Waals surface area contributed by atoms with Crippen molar-refractivity contribution >= 4 is 39.9 Å². The van der Waals surface area contributed by atoms with Crippen molar-refractivity contribution in [1.29, 1.82) is 0 Å². The number of nitrogens with zero attached hydrogens (tertiary/aromatic N) is 1. The quantitative estimate of drug-likeness (QED) is 0.718. The van der Waals surface area contributed by atoms with Crippen molar-refractivity contribution in [2.24, 2.45) is 0 Å². The molecule has 1 aromatic carbocycles. The maximum Gasteiger partial charge on any atom is 0.160 e. The highest BCUT2D eigenvalue weighted by Crippen LogP contribution is 2.34. The Hall–Kier alpha value is -1.12. The minimum Gasteiger partial charge on any atom is -0.294 e. The molecule has 2 nitrogen and oxygen atoms in total. The molecule has 0 unspecified atom stereocenters. The molecular weight excluding hydrogens is 281 g/mol. The van der Waals surface area contributed by atoms with E-state index in [4.69, 9.17) is 23.2 Å². The van der Waals surface area contributed by atoms with Crippen LogP contribution in [0.4, 0.5) is 0 Å². The van der Waals surface area contributed by atoms with Gasteiger partial charge in [0.1, 0.15) is 0 Å². The molecule has 1 aromatic heterocycles. The van der Waals surface area contributed by atoms with Crippen LogP contribution < -0.4 is 0 Å². The first-order valence-electron chi connectivity index (χ1n) is 6.39. The number of fused-ring (bicyclic) bond motifs is 2. The van der Waals surface area contributed by atoms with Crippen LogP contribution >= 0.6 is 23.2 Å². The van der Waals surface area contributed by atoms with E-state index in [9.17, 15) is 4.79 Å². The fourth-order valence-corrected chi connectivity index (χ4v) is 3.39. The first-order chi connectivity index (χ1) is 9.08. The van der Waals surface area contributed by atoms with E-state index < -0.39 is 0 Å². The molecule has 0 fully saturated rings. The largest absolute Gasteiger partial charge is 0.294 e. The summed E-state index contributed by atoms with van der Waals surface area (Å²) in [6.45, 7) is 1.60. The van der Waals surface area contributed by atoms with Gasteiger partial charge in [-0.25, -0.2) is 0 Å². The molecule has 0 spiro atoms. The lowest BCUT2D eigenvalue weighted by Gasteiger charge is -2.20. The van der Waals surface area contributed by atoms with E-state index in [0.29, 0.717) is 15.6 Å². The van der Waals surface area contributed by atoms with Gasteiger partial charge in [0, 0.05) is 21.7 Å². The number of pyridine rings is 1. The Labute approximate surface area is 121 Å². The first-order valence-corrected chi connectivity index (χ1v) is 7.15. The van der Waals surface area contributed by atoms with Crippen LogP contribution in [0, 0.1) is 0 Å². The van der Waals surface area contributed by atoms with Crippen LogP contribution in [0.5, 0.6) is 0 Å². The highest BCUT2D eigenvalue weighted by molar-refractivity contribution is 6.38. The second-order valence-electron chi connectivity index (χ2n) is 4.96. The van der Waals surface area contributed by atoms with E-state index in [1.165, 1.54) is 0 Å². The van der Waals surface area contributed by atoms with E-state index in [2.05, 4.69) is 4.98 Å². The molecule has 3 rings (SSSR count). The molecule has 0 N–H and O–H groups in total. The third kappa shape index (κ3) is 2.13. The Kier molecular flexibility index (Phi) is 3.23. The van der Waals surface area contributed by atoms with Gasteiger partial charge in [0.2, 0.25) is 0 Å². The number of ketones is 1. The molecule has 0 aliphatic heterocycles. The van der Waals surface area contributed by atoms with Gasteiger partial charge in [-0.3, -0.25) is 9.78 Å². The number of rotatable bonds is 1. The van der Waals surface area contributed by atoms with Crippen molar-refractivity contribution in [2.45, 2.75) is 32.6 Å². The third-order valence-electron chi connectivity index (χ3n) is 3.64. The van der Waals surface area contributed by atoms with Gasteiger partial charge in [-0.1, -0.05) is 23.2 Å². The van der Waals surface area contributed by atoms with E-state index in [1.807, 2.05) is 0 Å². The number of aryl methyl sites for hydroxylation is 1. The maximum atomic E-state index is 12.0. The molecule has 0 saturated carbocycles. The van der Waals surface area contributed by atoms with E-state index in [-0.39, 0.29) is 5.78 Å². The zero-order valence-electron chi connectivity index (χ0n) is 10.6. The summed E-state index contributed by atoms with van der Waals surface area (Å²) in [5.74, 6) is 0.0592. The van der Waals surface area contributed by atoms with Crippen molar-refractivity contribution in [3.05, 3.63) is 39.0 Å². The fraction of sp³-hybridized carbons (Fsp3) is 0.333. The molecular formula is C15H13Cl2NO. The zero-order valence-corrected chi connectivity index (χ0v) is 12.1. The summed E-state index contributed by atoms with van der Waals surface area (Å²) in [6.07, 6.45) is 4.06. The highest BCUT2D eigenvalue weighted by Gasteiger charge is 2.21.